The molecule has 0 aliphatic carbocycles. The number of nitrogens with zero attached hydrogens (tertiary/aromatic N) is 1. The normalized spacial score (nSPS) is 15.8. The minimum atomic E-state index is -0.610. The third-order valence-electron chi connectivity index (χ3n) is 4.04. The van der Waals surface area contributed by atoms with Gasteiger partial charge >= 0.3 is 5.69 Å². The largest absolute Gasteiger partial charge is 0.493 e. The average molecular weight is 345 g/mol. The highest BCUT2D eigenvalue weighted by atomic mass is 16.5. The Morgan fingerprint density at radius 2 is 2.24 bits per heavy atom. The van der Waals surface area contributed by atoms with Crippen molar-refractivity contribution in [3.63, 3.8) is 0 Å². The van der Waals surface area contributed by atoms with Gasteiger partial charge in [0, 0.05) is 17.3 Å². The number of nitrogens with one attached hydrogen (secondary N) is 2. The second-order valence-corrected chi connectivity index (χ2v) is 5.93. The fraction of sp³-hybridized carbons (Fsp3) is 0.353. The molecule has 1 amide bonds. The summed E-state index contributed by atoms with van der Waals surface area (Å²) >= 11 is 0. The number of ether oxygens (including phenoxy) is 2. The summed E-state index contributed by atoms with van der Waals surface area (Å²) < 4.78 is 12.1. The van der Waals surface area contributed by atoms with E-state index in [4.69, 9.17) is 9.47 Å². The number of methoxy groups -OCH3 is 1. The molecule has 8 heteroatoms. The molecule has 0 radical (unpaired) electrons. The lowest BCUT2D eigenvalue weighted by Gasteiger charge is -2.27. The van der Waals surface area contributed by atoms with Crippen molar-refractivity contribution < 1.29 is 14.3 Å². The van der Waals surface area contributed by atoms with Crippen LogP contribution in [0.1, 0.15) is 11.1 Å². The summed E-state index contributed by atoms with van der Waals surface area (Å²) in [6.07, 6.45) is 1.98. The zero-order valence-corrected chi connectivity index (χ0v) is 14.0. The van der Waals surface area contributed by atoms with Crippen LogP contribution in [0.15, 0.2) is 34.0 Å². The van der Waals surface area contributed by atoms with Gasteiger partial charge in [-0.3, -0.25) is 19.1 Å². The fourth-order valence-electron chi connectivity index (χ4n) is 2.81. The number of aromatic nitrogens is 2. The Bertz CT molecular complexity index is 915. The predicted molar refractivity (Wildman–Crippen MR) is 90.2 cm³/mol. The van der Waals surface area contributed by atoms with Crippen LogP contribution in [0.2, 0.25) is 0 Å². The van der Waals surface area contributed by atoms with Crippen molar-refractivity contribution in [2.75, 3.05) is 13.7 Å². The maximum Gasteiger partial charge on any atom is 0.328 e. The molecule has 2 N–H and O–H groups in total. The number of aryl methyl sites for hydroxylation is 1. The topological polar surface area (TPSA) is 102 Å². The third kappa shape index (κ3) is 3.57. The first-order valence-corrected chi connectivity index (χ1v) is 7.86. The lowest BCUT2D eigenvalue weighted by molar-refractivity contribution is -0.122. The molecule has 3 rings (SSSR count). The highest BCUT2D eigenvalue weighted by molar-refractivity contribution is 5.76. The summed E-state index contributed by atoms with van der Waals surface area (Å²) in [6.45, 7) is 1.72. The van der Waals surface area contributed by atoms with E-state index in [1.165, 1.54) is 10.8 Å². The summed E-state index contributed by atoms with van der Waals surface area (Å²) in [4.78, 5) is 37.5. The molecule has 2 heterocycles. The van der Waals surface area contributed by atoms with E-state index in [1.807, 2.05) is 18.2 Å². The van der Waals surface area contributed by atoms with Crippen molar-refractivity contribution >= 4 is 5.91 Å². The summed E-state index contributed by atoms with van der Waals surface area (Å²) in [5.74, 6) is 1.04. The van der Waals surface area contributed by atoms with Crippen LogP contribution in [-0.2, 0) is 17.8 Å². The molecule has 132 valence electrons. The second-order valence-electron chi connectivity index (χ2n) is 5.93. The van der Waals surface area contributed by atoms with Crippen molar-refractivity contribution in [3.8, 4) is 11.5 Å². The molecule has 25 heavy (non-hydrogen) atoms. The first-order chi connectivity index (χ1) is 12.0. The van der Waals surface area contributed by atoms with Crippen LogP contribution < -0.4 is 26.0 Å². The minimum Gasteiger partial charge on any atom is -0.493 e. The molecule has 1 aromatic heterocycles. The number of carbonyl (C=O) groups is 1. The van der Waals surface area contributed by atoms with E-state index in [2.05, 4.69) is 10.3 Å². The molecule has 8 nitrogen and oxygen atoms in total. The van der Waals surface area contributed by atoms with Gasteiger partial charge in [0.05, 0.1) is 13.2 Å². The van der Waals surface area contributed by atoms with Gasteiger partial charge in [-0.15, -0.1) is 0 Å². The van der Waals surface area contributed by atoms with E-state index in [0.717, 1.165) is 5.56 Å². The number of para-hydroxylation sites is 1. The van der Waals surface area contributed by atoms with Gasteiger partial charge in [0.15, 0.2) is 11.5 Å². The molecule has 0 fully saturated rings. The molecule has 0 saturated heterocycles. The number of aromatic amines is 1. The Kier molecular flexibility index (Phi) is 4.60. The quantitative estimate of drug-likeness (QED) is 0.810. The van der Waals surface area contributed by atoms with Crippen LogP contribution in [0.3, 0.4) is 0 Å². The van der Waals surface area contributed by atoms with E-state index < -0.39 is 11.2 Å². The van der Waals surface area contributed by atoms with Gasteiger partial charge in [-0.2, -0.15) is 0 Å². The minimum absolute atomic E-state index is 0.169. The van der Waals surface area contributed by atoms with Gasteiger partial charge in [0.25, 0.3) is 5.56 Å². The fourth-order valence-corrected chi connectivity index (χ4v) is 2.81. The molecule has 1 aliphatic heterocycles. The molecule has 1 aliphatic rings. The van der Waals surface area contributed by atoms with E-state index in [1.54, 1.807) is 14.0 Å². The molecule has 0 saturated carbocycles. The van der Waals surface area contributed by atoms with Gasteiger partial charge in [0.1, 0.15) is 13.2 Å². The van der Waals surface area contributed by atoms with Crippen LogP contribution in [0.4, 0.5) is 0 Å². The van der Waals surface area contributed by atoms with Crippen LogP contribution in [-0.4, -0.2) is 35.2 Å². The lowest BCUT2D eigenvalue weighted by atomic mass is 10.0. The van der Waals surface area contributed by atoms with Crippen LogP contribution in [0.25, 0.3) is 0 Å². The smallest absolute Gasteiger partial charge is 0.328 e. The molecule has 2 aromatic rings. The van der Waals surface area contributed by atoms with Crippen molar-refractivity contribution in [2.24, 2.45) is 0 Å². The number of carbonyl (C=O) groups excluding carboxylic acids is 1. The summed E-state index contributed by atoms with van der Waals surface area (Å²) in [6, 6.07) is 5.41. The number of H-pyrrole nitrogens is 1. The monoisotopic (exact) mass is 345 g/mol. The van der Waals surface area contributed by atoms with Crippen molar-refractivity contribution in [2.45, 2.75) is 25.9 Å². The third-order valence-corrected chi connectivity index (χ3v) is 4.04. The van der Waals surface area contributed by atoms with Gasteiger partial charge in [-0.25, -0.2) is 4.79 Å². The molecule has 0 spiro atoms. The zero-order valence-electron chi connectivity index (χ0n) is 14.0. The Balaban J connectivity index is 1.67. The number of hydrogen-bond donors (Lipinski definition) is 2. The van der Waals surface area contributed by atoms with Gasteiger partial charge < -0.3 is 14.8 Å². The summed E-state index contributed by atoms with van der Waals surface area (Å²) in [7, 11) is 1.58. The second kappa shape index (κ2) is 6.84. The highest BCUT2D eigenvalue weighted by Crippen LogP contribution is 2.34. The Morgan fingerprint density at radius 1 is 1.44 bits per heavy atom. The van der Waals surface area contributed by atoms with Gasteiger partial charge in [-0.05, 0) is 19.4 Å². The summed E-state index contributed by atoms with van der Waals surface area (Å²) in [5, 5.41) is 2.85. The number of rotatable bonds is 4. The van der Waals surface area contributed by atoms with E-state index in [9.17, 15) is 14.4 Å². The Labute approximate surface area is 143 Å². The molecular weight excluding hydrogens is 326 g/mol. The van der Waals surface area contributed by atoms with Crippen molar-refractivity contribution in [3.05, 3.63) is 56.4 Å². The van der Waals surface area contributed by atoms with Crippen molar-refractivity contribution in [1.82, 2.24) is 14.9 Å². The SMILES string of the molecule is COc1cccc2c1OC[C@@H](NC(=O)Cn1cc(C)c(=O)[nH]c1=O)C2. The first kappa shape index (κ1) is 16.8. The van der Waals surface area contributed by atoms with Crippen LogP contribution in [0.5, 0.6) is 11.5 Å². The summed E-state index contributed by atoms with van der Waals surface area (Å²) in [5.41, 5.74) is 0.260. The maximum absolute atomic E-state index is 12.2. The predicted octanol–water partition coefficient (Wildman–Crippen LogP) is -0.0265. The lowest BCUT2D eigenvalue weighted by Crippen LogP contribution is -2.45. The van der Waals surface area contributed by atoms with Crippen molar-refractivity contribution in [1.29, 1.82) is 0 Å². The van der Waals surface area contributed by atoms with Crippen LogP contribution >= 0.6 is 0 Å². The van der Waals surface area contributed by atoms with E-state index in [0.29, 0.717) is 30.1 Å². The maximum atomic E-state index is 12.2. The molecule has 0 bridgehead atoms. The standard InChI is InChI=1S/C17H19N3O5/c1-10-7-20(17(23)19-16(10)22)8-14(21)18-12-6-11-4-3-5-13(24-2)15(11)25-9-12/h3-5,7,12H,6,8-9H2,1-2H3,(H,18,21)(H,19,22,23)/t12-/m0/s1. The average Bonchev–Trinajstić information content (AvgIpc) is 2.58. The number of fused-ring (bicyclic) bond motifs is 1. The molecule has 1 aromatic carbocycles. The van der Waals surface area contributed by atoms with E-state index >= 15 is 0 Å². The molecule has 0 unspecified atom stereocenters. The zero-order chi connectivity index (χ0) is 18.0. The first-order valence-electron chi connectivity index (χ1n) is 7.86. The van der Waals surface area contributed by atoms with Gasteiger partial charge in [-0.1, -0.05) is 12.1 Å². The van der Waals surface area contributed by atoms with Crippen LogP contribution in [0, 0.1) is 6.92 Å². The number of amides is 1. The number of benzene rings is 1. The van der Waals surface area contributed by atoms with E-state index in [-0.39, 0.29) is 18.5 Å². The number of hydrogen-bond acceptors (Lipinski definition) is 5. The van der Waals surface area contributed by atoms with Gasteiger partial charge in [0.2, 0.25) is 5.91 Å². The molecular formula is C17H19N3O5. The Morgan fingerprint density at radius 3 is 3.00 bits per heavy atom. The Hall–Kier alpha value is -3.03. The highest BCUT2D eigenvalue weighted by Gasteiger charge is 2.24. The molecule has 1 atom stereocenters.